The van der Waals surface area contributed by atoms with Gasteiger partial charge in [0.1, 0.15) is 0 Å². The summed E-state index contributed by atoms with van der Waals surface area (Å²) < 4.78 is 23.0. The zero-order valence-corrected chi connectivity index (χ0v) is 18.6. The number of halogens is 1. The summed E-state index contributed by atoms with van der Waals surface area (Å²) in [5, 5.41) is 2.43. The molecule has 2 fully saturated rings. The third-order valence-corrected chi connectivity index (χ3v) is 6.80. The van der Waals surface area contributed by atoms with Crippen molar-refractivity contribution in [2.24, 2.45) is 11.8 Å². The molecule has 2 aliphatic rings. The quantitative estimate of drug-likeness (QED) is 0.261. The molecule has 30 heavy (non-hydrogen) atoms. The topological polar surface area (TPSA) is 67.4 Å². The van der Waals surface area contributed by atoms with Crippen molar-refractivity contribution >= 4 is 23.8 Å². The number of carbonyl (C=O) groups excluding carboxylic acids is 2. The van der Waals surface area contributed by atoms with E-state index in [1.165, 1.54) is 18.9 Å². The van der Waals surface area contributed by atoms with Gasteiger partial charge in [-0.15, -0.1) is 0 Å². The van der Waals surface area contributed by atoms with Crippen LogP contribution in [0.1, 0.15) is 76.3 Å². The molecule has 2 N–H and O–H groups in total. The molecule has 5 nitrogen and oxygen atoms in total. The highest BCUT2D eigenvalue weighted by Crippen LogP contribution is 2.31. The van der Waals surface area contributed by atoms with Gasteiger partial charge in [-0.25, -0.2) is 4.39 Å². The fourth-order valence-corrected chi connectivity index (χ4v) is 4.43. The maximum Gasteiger partial charge on any atom is 0.229 e. The fourth-order valence-electron chi connectivity index (χ4n) is 3.58. The molecule has 3 rings (SSSR count). The summed E-state index contributed by atoms with van der Waals surface area (Å²) in [4.78, 5) is 22.9. The molecule has 1 aromatic rings. The Hall–Kier alpha value is -1.60. The number of benzene rings is 1. The van der Waals surface area contributed by atoms with E-state index in [9.17, 15) is 14.0 Å². The van der Waals surface area contributed by atoms with E-state index in [0.29, 0.717) is 31.1 Å². The van der Waals surface area contributed by atoms with Crippen molar-refractivity contribution in [2.75, 3.05) is 12.4 Å². The van der Waals surface area contributed by atoms with Gasteiger partial charge >= 0.3 is 0 Å². The smallest absolute Gasteiger partial charge is 0.229 e. The van der Waals surface area contributed by atoms with Crippen molar-refractivity contribution in [3.63, 3.8) is 0 Å². The number of imide groups is 1. The monoisotopic (exact) mass is 436 g/mol. The Morgan fingerprint density at radius 1 is 1.20 bits per heavy atom. The molecule has 7 heteroatoms. The van der Waals surface area contributed by atoms with Gasteiger partial charge in [0.15, 0.2) is 11.6 Å². The van der Waals surface area contributed by atoms with Crippen LogP contribution in [0.15, 0.2) is 18.2 Å². The molecule has 0 radical (unpaired) electrons. The van der Waals surface area contributed by atoms with Crippen LogP contribution in [0.5, 0.6) is 5.75 Å². The van der Waals surface area contributed by atoms with Gasteiger partial charge in [-0.3, -0.25) is 19.6 Å². The van der Waals surface area contributed by atoms with Crippen molar-refractivity contribution in [3.8, 4) is 5.75 Å². The molecule has 0 aromatic heterocycles. The predicted octanol–water partition coefficient (Wildman–Crippen LogP) is 4.92. The number of hydrogen-bond acceptors (Lipinski definition) is 5. The Kier molecular flexibility index (Phi) is 9.00. The molecule has 1 heterocycles. The standard InChI is InChI=1S/C23H33FN2O3S/c1-16(19-9-11-20(24)21(14-19)29-15-17-7-8-17)26-30-13-5-3-2-4-6-18-10-12-22(27)25-23(18)28/h9,11,14,16-18,26H,2-8,10,12-13,15H2,1H3,(H,25,27,28). The number of piperidine rings is 1. The Morgan fingerprint density at radius 2 is 2.00 bits per heavy atom. The summed E-state index contributed by atoms with van der Waals surface area (Å²) in [6.07, 6.45) is 8.79. The van der Waals surface area contributed by atoms with Gasteiger partial charge in [-0.2, -0.15) is 0 Å². The van der Waals surface area contributed by atoms with Crippen molar-refractivity contribution in [1.82, 2.24) is 10.0 Å². The van der Waals surface area contributed by atoms with E-state index in [2.05, 4.69) is 17.0 Å². The van der Waals surface area contributed by atoms with Crippen LogP contribution < -0.4 is 14.8 Å². The average molecular weight is 437 g/mol. The number of carbonyl (C=O) groups is 2. The Morgan fingerprint density at radius 3 is 2.77 bits per heavy atom. The first-order valence-corrected chi connectivity index (χ1v) is 12.1. The summed E-state index contributed by atoms with van der Waals surface area (Å²) in [6.45, 7) is 2.69. The summed E-state index contributed by atoms with van der Waals surface area (Å²) in [7, 11) is 0. The zero-order chi connectivity index (χ0) is 21.3. The molecule has 1 aliphatic carbocycles. The molecule has 2 unspecified atom stereocenters. The first kappa shape index (κ1) is 23.1. The lowest BCUT2D eigenvalue weighted by molar-refractivity contribution is -0.136. The molecule has 2 atom stereocenters. The summed E-state index contributed by atoms with van der Waals surface area (Å²) in [5.41, 5.74) is 1.03. The zero-order valence-electron chi connectivity index (χ0n) is 17.8. The summed E-state index contributed by atoms with van der Waals surface area (Å²) in [5.74, 6) is 1.44. The highest BCUT2D eigenvalue weighted by Gasteiger charge is 2.25. The van der Waals surface area contributed by atoms with Crippen LogP contribution in [0.4, 0.5) is 4.39 Å². The van der Waals surface area contributed by atoms with E-state index in [1.54, 1.807) is 11.9 Å². The Balaban J connectivity index is 1.25. The summed E-state index contributed by atoms with van der Waals surface area (Å²) in [6, 6.07) is 5.23. The largest absolute Gasteiger partial charge is 0.490 e. The second-order valence-electron chi connectivity index (χ2n) is 8.48. The van der Waals surface area contributed by atoms with Gasteiger partial charge in [-0.1, -0.05) is 37.3 Å². The van der Waals surface area contributed by atoms with Crippen LogP contribution in [-0.2, 0) is 9.59 Å². The molecule has 1 saturated carbocycles. The molecule has 1 aliphatic heterocycles. The average Bonchev–Trinajstić information content (AvgIpc) is 3.55. The molecule has 1 saturated heterocycles. The molecule has 2 amide bonds. The van der Waals surface area contributed by atoms with E-state index in [0.717, 1.165) is 43.4 Å². The third kappa shape index (κ3) is 7.58. The lowest BCUT2D eigenvalue weighted by Crippen LogP contribution is -2.40. The highest BCUT2D eigenvalue weighted by atomic mass is 32.2. The van der Waals surface area contributed by atoms with Crippen molar-refractivity contribution in [1.29, 1.82) is 0 Å². The Labute approximate surface area is 183 Å². The van der Waals surface area contributed by atoms with E-state index in [1.807, 2.05) is 12.1 Å². The normalized spacial score (nSPS) is 20.1. The lowest BCUT2D eigenvalue weighted by atomic mass is 9.92. The molecular weight excluding hydrogens is 403 g/mol. The summed E-state index contributed by atoms with van der Waals surface area (Å²) >= 11 is 1.70. The van der Waals surface area contributed by atoms with Gasteiger partial charge in [-0.05, 0) is 62.6 Å². The van der Waals surface area contributed by atoms with Gasteiger partial charge in [0, 0.05) is 24.1 Å². The van der Waals surface area contributed by atoms with E-state index in [4.69, 9.17) is 4.74 Å². The number of hydrogen-bond donors (Lipinski definition) is 2. The second-order valence-corrected chi connectivity index (χ2v) is 9.42. The van der Waals surface area contributed by atoms with Crippen LogP contribution >= 0.6 is 11.9 Å². The number of nitrogens with one attached hydrogen (secondary N) is 2. The molecule has 1 aromatic carbocycles. The molecule has 0 bridgehead atoms. The Bertz CT molecular complexity index is 726. The van der Waals surface area contributed by atoms with Crippen molar-refractivity contribution in [3.05, 3.63) is 29.6 Å². The maximum atomic E-state index is 13.9. The minimum absolute atomic E-state index is 0.00782. The maximum absolute atomic E-state index is 13.9. The number of amides is 2. The van der Waals surface area contributed by atoms with E-state index in [-0.39, 0.29) is 29.6 Å². The van der Waals surface area contributed by atoms with Crippen LogP contribution in [0.25, 0.3) is 0 Å². The highest BCUT2D eigenvalue weighted by molar-refractivity contribution is 7.97. The minimum Gasteiger partial charge on any atom is -0.490 e. The fraction of sp³-hybridized carbons (Fsp3) is 0.652. The number of unbranched alkanes of at least 4 members (excludes halogenated alkanes) is 3. The predicted molar refractivity (Wildman–Crippen MR) is 118 cm³/mol. The third-order valence-electron chi connectivity index (χ3n) is 5.79. The number of ether oxygens (including phenoxy) is 1. The molecule has 0 spiro atoms. The van der Waals surface area contributed by atoms with Crippen LogP contribution in [0.3, 0.4) is 0 Å². The van der Waals surface area contributed by atoms with Gasteiger partial charge in [0.25, 0.3) is 0 Å². The van der Waals surface area contributed by atoms with E-state index >= 15 is 0 Å². The van der Waals surface area contributed by atoms with Crippen LogP contribution in [0.2, 0.25) is 0 Å². The molecule has 166 valence electrons. The van der Waals surface area contributed by atoms with Crippen LogP contribution in [0, 0.1) is 17.7 Å². The SMILES string of the molecule is CC(NSCCCCCCC1CCC(=O)NC1=O)c1ccc(F)c(OCC2CC2)c1. The van der Waals surface area contributed by atoms with E-state index < -0.39 is 0 Å². The molecular formula is C23H33FN2O3S. The van der Waals surface area contributed by atoms with Crippen molar-refractivity contribution in [2.45, 2.75) is 70.8 Å². The van der Waals surface area contributed by atoms with Crippen molar-refractivity contribution < 1.29 is 18.7 Å². The lowest BCUT2D eigenvalue weighted by Gasteiger charge is -2.20. The first-order valence-electron chi connectivity index (χ1n) is 11.2. The second kappa shape index (κ2) is 11.7. The van der Waals surface area contributed by atoms with Gasteiger partial charge < -0.3 is 4.74 Å². The van der Waals surface area contributed by atoms with Crippen LogP contribution in [-0.4, -0.2) is 24.2 Å². The van der Waals surface area contributed by atoms with Gasteiger partial charge in [0.05, 0.1) is 6.61 Å². The van der Waals surface area contributed by atoms with Gasteiger partial charge in [0.2, 0.25) is 11.8 Å². The minimum atomic E-state index is -0.295. The number of rotatable bonds is 13. The first-order chi connectivity index (χ1) is 14.5.